The molecule has 2 aliphatic carbocycles. The smallest absolute Gasteiger partial charge is 0.0774 e. The molecular weight excluding hydrogens is 198 g/mol. The highest BCUT2D eigenvalue weighted by Gasteiger charge is 2.33. The second kappa shape index (κ2) is 5.50. The SMILES string of the molecule is CN(CC1(O)CCCC1)C1CCCCCC1. The van der Waals surface area contributed by atoms with Gasteiger partial charge < -0.3 is 10.0 Å². The molecule has 2 nitrogen and oxygen atoms in total. The number of hydrogen-bond donors (Lipinski definition) is 1. The summed E-state index contributed by atoms with van der Waals surface area (Å²) >= 11 is 0. The Balaban J connectivity index is 1.83. The van der Waals surface area contributed by atoms with Crippen LogP contribution in [0, 0.1) is 0 Å². The van der Waals surface area contributed by atoms with Crippen molar-refractivity contribution in [2.45, 2.75) is 75.9 Å². The number of aliphatic hydroxyl groups is 1. The van der Waals surface area contributed by atoms with Crippen LogP contribution in [-0.4, -0.2) is 35.2 Å². The molecule has 2 saturated carbocycles. The molecule has 2 fully saturated rings. The van der Waals surface area contributed by atoms with Gasteiger partial charge in [0, 0.05) is 12.6 Å². The summed E-state index contributed by atoms with van der Waals surface area (Å²) in [5.41, 5.74) is -0.360. The van der Waals surface area contributed by atoms with Crippen LogP contribution >= 0.6 is 0 Å². The molecule has 0 radical (unpaired) electrons. The Morgan fingerprint density at radius 3 is 2.12 bits per heavy atom. The van der Waals surface area contributed by atoms with Gasteiger partial charge >= 0.3 is 0 Å². The molecule has 1 N–H and O–H groups in total. The van der Waals surface area contributed by atoms with Gasteiger partial charge in [-0.1, -0.05) is 38.5 Å². The van der Waals surface area contributed by atoms with Crippen molar-refractivity contribution in [3.63, 3.8) is 0 Å². The van der Waals surface area contributed by atoms with Crippen LogP contribution in [0.4, 0.5) is 0 Å². The van der Waals surface area contributed by atoms with E-state index in [0.717, 1.165) is 25.4 Å². The van der Waals surface area contributed by atoms with E-state index in [2.05, 4.69) is 11.9 Å². The minimum atomic E-state index is -0.360. The number of rotatable bonds is 3. The van der Waals surface area contributed by atoms with E-state index < -0.39 is 0 Å². The minimum Gasteiger partial charge on any atom is -0.389 e. The zero-order valence-electron chi connectivity index (χ0n) is 10.7. The van der Waals surface area contributed by atoms with Gasteiger partial charge in [-0.3, -0.25) is 0 Å². The summed E-state index contributed by atoms with van der Waals surface area (Å²) in [6.45, 7) is 0.900. The zero-order chi connectivity index (χ0) is 11.4. The van der Waals surface area contributed by atoms with Gasteiger partial charge in [-0.2, -0.15) is 0 Å². The first-order valence-electron chi connectivity index (χ1n) is 7.12. The Kier molecular flexibility index (Phi) is 4.26. The van der Waals surface area contributed by atoms with E-state index in [-0.39, 0.29) is 5.60 Å². The predicted octanol–water partition coefficient (Wildman–Crippen LogP) is 2.95. The monoisotopic (exact) mass is 225 g/mol. The zero-order valence-corrected chi connectivity index (χ0v) is 10.7. The van der Waals surface area contributed by atoms with Crippen LogP contribution in [0.5, 0.6) is 0 Å². The third-order valence-electron chi connectivity index (χ3n) is 4.53. The molecule has 0 atom stereocenters. The van der Waals surface area contributed by atoms with Crippen molar-refractivity contribution in [2.75, 3.05) is 13.6 Å². The number of likely N-dealkylation sites (N-methyl/N-ethyl adjacent to an activating group) is 1. The summed E-state index contributed by atoms with van der Waals surface area (Å²) < 4.78 is 0. The van der Waals surface area contributed by atoms with Crippen LogP contribution < -0.4 is 0 Å². The maximum atomic E-state index is 10.4. The molecule has 0 heterocycles. The summed E-state index contributed by atoms with van der Waals surface area (Å²) in [5, 5.41) is 10.4. The number of nitrogens with zero attached hydrogens (tertiary/aromatic N) is 1. The van der Waals surface area contributed by atoms with E-state index in [9.17, 15) is 5.11 Å². The lowest BCUT2D eigenvalue weighted by Gasteiger charge is -2.34. The van der Waals surface area contributed by atoms with Crippen molar-refractivity contribution >= 4 is 0 Å². The molecule has 2 aliphatic rings. The largest absolute Gasteiger partial charge is 0.389 e. The normalized spacial score (nSPS) is 27.2. The molecule has 0 saturated heterocycles. The maximum absolute atomic E-state index is 10.4. The Labute approximate surface area is 100 Å². The van der Waals surface area contributed by atoms with Crippen molar-refractivity contribution in [3.05, 3.63) is 0 Å². The van der Waals surface area contributed by atoms with Crippen LogP contribution in [0.2, 0.25) is 0 Å². The molecule has 0 aromatic rings. The molecule has 0 amide bonds. The lowest BCUT2D eigenvalue weighted by molar-refractivity contribution is 0.00349. The van der Waals surface area contributed by atoms with Crippen molar-refractivity contribution in [1.82, 2.24) is 4.90 Å². The lowest BCUT2D eigenvalue weighted by Crippen LogP contribution is -2.43. The van der Waals surface area contributed by atoms with Crippen LogP contribution in [0.1, 0.15) is 64.2 Å². The molecule has 2 rings (SSSR count). The molecule has 0 aliphatic heterocycles. The molecule has 0 spiro atoms. The van der Waals surface area contributed by atoms with E-state index >= 15 is 0 Å². The van der Waals surface area contributed by atoms with Crippen molar-refractivity contribution in [3.8, 4) is 0 Å². The second-order valence-corrected chi connectivity index (χ2v) is 5.99. The average Bonchev–Trinajstić information content (AvgIpc) is 2.56. The second-order valence-electron chi connectivity index (χ2n) is 5.99. The van der Waals surface area contributed by atoms with E-state index in [1.165, 1.54) is 51.4 Å². The highest BCUT2D eigenvalue weighted by atomic mass is 16.3. The van der Waals surface area contributed by atoms with E-state index in [0.29, 0.717) is 0 Å². The van der Waals surface area contributed by atoms with Crippen molar-refractivity contribution in [1.29, 1.82) is 0 Å². The maximum Gasteiger partial charge on any atom is 0.0774 e. The fraction of sp³-hybridized carbons (Fsp3) is 1.00. The molecule has 2 heteroatoms. The standard InChI is InChI=1S/C14H27NO/c1-15(12-14(16)10-6-7-11-14)13-8-4-2-3-5-9-13/h13,16H,2-12H2,1H3. The summed E-state index contributed by atoms with van der Waals surface area (Å²) in [5.74, 6) is 0. The topological polar surface area (TPSA) is 23.5 Å². The Bertz CT molecular complexity index is 203. The first kappa shape index (κ1) is 12.4. The molecule has 0 bridgehead atoms. The molecule has 94 valence electrons. The fourth-order valence-corrected chi connectivity index (χ4v) is 3.48. The quantitative estimate of drug-likeness (QED) is 0.747. The molecule has 0 aromatic heterocycles. The Hall–Kier alpha value is -0.0800. The van der Waals surface area contributed by atoms with Gasteiger partial charge in [0.2, 0.25) is 0 Å². The summed E-state index contributed by atoms with van der Waals surface area (Å²) in [7, 11) is 2.21. The highest BCUT2D eigenvalue weighted by Crippen LogP contribution is 2.31. The van der Waals surface area contributed by atoms with E-state index in [4.69, 9.17) is 0 Å². The van der Waals surface area contributed by atoms with Crippen molar-refractivity contribution < 1.29 is 5.11 Å². The van der Waals surface area contributed by atoms with Crippen LogP contribution in [0.15, 0.2) is 0 Å². The Morgan fingerprint density at radius 2 is 1.56 bits per heavy atom. The van der Waals surface area contributed by atoms with Gasteiger partial charge in [0.05, 0.1) is 5.60 Å². The average molecular weight is 225 g/mol. The van der Waals surface area contributed by atoms with Gasteiger partial charge in [0.25, 0.3) is 0 Å². The van der Waals surface area contributed by atoms with Gasteiger partial charge in [0.1, 0.15) is 0 Å². The molecule has 16 heavy (non-hydrogen) atoms. The Morgan fingerprint density at radius 1 is 1.00 bits per heavy atom. The van der Waals surface area contributed by atoms with Crippen LogP contribution in [0.3, 0.4) is 0 Å². The minimum absolute atomic E-state index is 0.360. The molecule has 0 aromatic carbocycles. The van der Waals surface area contributed by atoms with E-state index in [1.54, 1.807) is 0 Å². The third kappa shape index (κ3) is 3.21. The summed E-state index contributed by atoms with van der Waals surface area (Å²) in [6, 6.07) is 0.729. The van der Waals surface area contributed by atoms with Crippen molar-refractivity contribution in [2.24, 2.45) is 0 Å². The molecular formula is C14H27NO. The first-order chi connectivity index (χ1) is 7.70. The molecule has 0 unspecified atom stereocenters. The van der Waals surface area contributed by atoms with Gasteiger partial charge in [-0.15, -0.1) is 0 Å². The third-order valence-corrected chi connectivity index (χ3v) is 4.53. The fourth-order valence-electron chi connectivity index (χ4n) is 3.48. The van der Waals surface area contributed by atoms with Gasteiger partial charge in [-0.25, -0.2) is 0 Å². The lowest BCUT2D eigenvalue weighted by atomic mass is 9.99. The van der Waals surface area contributed by atoms with Crippen LogP contribution in [-0.2, 0) is 0 Å². The summed E-state index contributed by atoms with van der Waals surface area (Å²) in [6.07, 6.45) is 12.7. The summed E-state index contributed by atoms with van der Waals surface area (Å²) in [4.78, 5) is 2.44. The predicted molar refractivity (Wildman–Crippen MR) is 67.5 cm³/mol. The van der Waals surface area contributed by atoms with Crippen LogP contribution in [0.25, 0.3) is 0 Å². The van der Waals surface area contributed by atoms with Gasteiger partial charge in [-0.05, 0) is 32.7 Å². The number of hydrogen-bond acceptors (Lipinski definition) is 2. The van der Waals surface area contributed by atoms with Gasteiger partial charge in [0.15, 0.2) is 0 Å². The first-order valence-corrected chi connectivity index (χ1v) is 7.12. The highest BCUT2D eigenvalue weighted by molar-refractivity contribution is 4.88. The van der Waals surface area contributed by atoms with E-state index in [1.807, 2.05) is 0 Å².